The van der Waals surface area contributed by atoms with E-state index in [4.69, 9.17) is 16.3 Å². The number of amides is 1. The van der Waals surface area contributed by atoms with Crippen LogP contribution in [-0.2, 0) is 4.79 Å². The van der Waals surface area contributed by atoms with Gasteiger partial charge in [0.25, 0.3) is 5.91 Å². The molecule has 1 amide bonds. The van der Waals surface area contributed by atoms with E-state index in [2.05, 4.69) is 30.4 Å². The van der Waals surface area contributed by atoms with Gasteiger partial charge in [-0.25, -0.2) is 5.43 Å². The molecule has 24 heavy (non-hydrogen) atoms. The van der Waals surface area contributed by atoms with E-state index < -0.39 is 0 Å². The highest BCUT2D eigenvalue weighted by Gasteiger charge is 2.07. The van der Waals surface area contributed by atoms with Crippen LogP contribution >= 0.6 is 11.6 Å². The Morgan fingerprint density at radius 1 is 1.29 bits per heavy atom. The van der Waals surface area contributed by atoms with Crippen molar-refractivity contribution in [2.75, 3.05) is 6.61 Å². The molecule has 1 N–H and O–H groups in total. The van der Waals surface area contributed by atoms with Gasteiger partial charge >= 0.3 is 0 Å². The summed E-state index contributed by atoms with van der Waals surface area (Å²) in [4.78, 5) is 11.8. The Hall–Kier alpha value is -2.33. The summed E-state index contributed by atoms with van der Waals surface area (Å²) in [5, 5.41) is 4.52. The highest BCUT2D eigenvalue weighted by atomic mass is 35.5. The lowest BCUT2D eigenvalue weighted by Crippen LogP contribution is -2.24. The molecule has 0 aromatic heterocycles. The molecule has 0 aliphatic heterocycles. The molecule has 0 aliphatic rings. The first-order chi connectivity index (χ1) is 11.5. The summed E-state index contributed by atoms with van der Waals surface area (Å²) >= 11 is 5.88. The minimum absolute atomic E-state index is 0.0880. The summed E-state index contributed by atoms with van der Waals surface area (Å²) in [6.45, 7) is 6.10. The van der Waals surface area contributed by atoms with Crippen LogP contribution in [0.2, 0.25) is 5.02 Å². The Morgan fingerprint density at radius 3 is 2.79 bits per heavy atom. The second-order valence-corrected chi connectivity index (χ2v) is 6.25. The number of ether oxygens (including phenoxy) is 1. The van der Waals surface area contributed by atoms with Crippen LogP contribution in [0.25, 0.3) is 0 Å². The third kappa shape index (κ3) is 5.39. The number of hydrogen-bond donors (Lipinski definition) is 1. The third-order valence-electron chi connectivity index (χ3n) is 3.49. The van der Waals surface area contributed by atoms with E-state index in [0.717, 1.165) is 16.9 Å². The molecule has 0 heterocycles. The largest absolute Gasteiger partial charge is 0.483 e. The Labute approximate surface area is 147 Å². The lowest BCUT2D eigenvalue weighted by Gasteiger charge is -2.12. The van der Waals surface area contributed by atoms with Crippen LogP contribution in [0.15, 0.2) is 47.6 Å². The van der Waals surface area contributed by atoms with E-state index >= 15 is 0 Å². The molecule has 126 valence electrons. The molecule has 4 nitrogen and oxygen atoms in total. The number of carbonyl (C=O) groups excluding carboxylic acids is 1. The van der Waals surface area contributed by atoms with Crippen molar-refractivity contribution in [1.29, 1.82) is 0 Å². The van der Waals surface area contributed by atoms with Crippen molar-refractivity contribution in [3.05, 3.63) is 64.2 Å². The molecular formula is C19H21ClN2O2. The van der Waals surface area contributed by atoms with Crippen LogP contribution in [0.4, 0.5) is 0 Å². The molecule has 2 rings (SSSR count). The topological polar surface area (TPSA) is 50.7 Å². The van der Waals surface area contributed by atoms with Crippen molar-refractivity contribution in [3.63, 3.8) is 0 Å². The average Bonchev–Trinajstić information content (AvgIpc) is 2.54. The van der Waals surface area contributed by atoms with Gasteiger partial charge in [0, 0.05) is 5.02 Å². The fourth-order valence-electron chi connectivity index (χ4n) is 2.07. The van der Waals surface area contributed by atoms with Gasteiger partial charge in [0.15, 0.2) is 6.61 Å². The number of hydrogen-bond acceptors (Lipinski definition) is 3. The van der Waals surface area contributed by atoms with Gasteiger partial charge in [0.05, 0.1) is 6.21 Å². The maximum atomic E-state index is 11.8. The number of halogens is 1. The molecule has 0 radical (unpaired) electrons. The smallest absolute Gasteiger partial charge is 0.277 e. The molecule has 2 aromatic rings. The molecule has 0 atom stereocenters. The number of nitrogens with one attached hydrogen (secondary N) is 1. The van der Waals surface area contributed by atoms with Gasteiger partial charge < -0.3 is 4.74 Å². The van der Waals surface area contributed by atoms with Gasteiger partial charge in [-0.15, -0.1) is 0 Å². The minimum Gasteiger partial charge on any atom is -0.483 e. The van der Waals surface area contributed by atoms with Crippen LogP contribution in [0.1, 0.15) is 36.5 Å². The first-order valence-electron chi connectivity index (χ1n) is 7.76. The van der Waals surface area contributed by atoms with Crippen molar-refractivity contribution in [3.8, 4) is 5.75 Å². The number of nitrogens with zero attached hydrogens (tertiary/aromatic N) is 1. The van der Waals surface area contributed by atoms with Crippen molar-refractivity contribution >= 4 is 23.7 Å². The quantitative estimate of drug-likeness (QED) is 0.627. The molecule has 0 fully saturated rings. The van der Waals surface area contributed by atoms with Crippen LogP contribution in [-0.4, -0.2) is 18.7 Å². The van der Waals surface area contributed by atoms with Crippen molar-refractivity contribution < 1.29 is 9.53 Å². The van der Waals surface area contributed by atoms with Gasteiger partial charge in [-0.05, 0) is 47.7 Å². The van der Waals surface area contributed by atoms with E-state index in [9.17, 15) is 4.79 Å². The van der Waals surface area contributed by atoms with Crippen molar-refractivity contribution in [2.45, 2.75) is 26.7 Å². The van der Waals surface area contributed by atoms with E-state index in [1.54, 1.807) is 12.1 Å². The molecule has 0 saturated heterocycles. The maximum absolute atomic E-state index is 11.8. The van der Waals surface area contributed by atoms with Crippen LogP contribution in [0.3, 0.4) is 0 Å². The lowest BCUT2D eigenvalue weighted by atomic mass is 10.0. The van der Waals surface area contributed by atoms with Gasteiger partial charge in [0.1, 0.15) is 5.75 Å². The van der Waals surface area contributed by atoms with E-state index in [1.807, 2.05) is 31.2 Å². The zero-order valence-corrected chi connectivity index (χ0v) is 14.8. The number of carbonyl (C=O) groups is 1. The van der Waals surface area contributed by atoms with Crippen LogP contribution in [0.5, 0.6) is 5.75 Å². The summed E-state index contributed by atoms with van der Waals surface area (Å²) in [6.07, 6.45) is 1.54. The number of hydrazone groups is 1. The first-order valence-corrected chi connectivity index (χ1v) is 8.14. The van der Waals surface area contributed by atoms with Crippen molar-refractivity contribution in [2.24, 2.45) is 5.10 Å². The van der Waals surface area contributed by atoms with Crippen LogP contribution < -0.4 is 10.2 Å². The van der Waals surface area contributed by atoms with Gasteiger partial charge in [0.2, 0.25) is 0 Å². The minimum atomic E-state index is -0.317. The summed E-state index contributed by atoms with van der Waals surface area (Å²) in [7, 11) is 0. The average molecular weight is 345 g/mol. The molecule has 0 bridgehead atoms. The normalized spacial score (nSPS) is 11.0. The molecule has 2 aromatic carbocycles. The fraction of sp³-hybridized carbons (Fsp3) is 0.263. The van der Waals surface area contributed by atoms with Gasteiger partial charge in [-0.1, -0.05) is 49.7 Å². The molecule has 0 aliphatic carbocycles. The Balaban J connectivity index is 1.88. The Bertz CT molecular complexity index is 742. The molecule has 0 unspecified atom stereocenters. The predicted octanol–water partition coefficient (Wildman–Crippen LogP) is 4.30. The predicted molar refractivity (Wildman–Crippen MR) is 98.0 cm³/mol. The van der Waals surface area contributed by atoms with E-state index in [0.29, 0.717) is 10.9 Å². The van der Waals surface area contributed by atoms with Gasteiger partial charge in [-0.3, -0.25) is 4.79 Å². The fourth-order valence-corrected chi connectivity index (χ4v) is 2.27. The molecule has 0 spiro atoms. The lowest BCUT2D eigenvalue weighted by molar-refractivity contribution is -0.123. The maximum Gasteiger partial charge on any atom is 0.277 e. The Morgan fingerprint density at radius 2 is 2.08 bits per heavy atom. The van der Waals surface area contributed by atoms with Crippen molar-refractivity contribution in [1.82, 2.24) is 5.43 Å². The van der Waals surface area contributed by atoms with E-state index in [-0.39, 0.29) is 12.5 Å². The summed E-state index contributed by atoms with van der Waals surface area (Å²) in [5.74, 6) is 0.807. The molecular weight excluding hydrogens is 324 g/mol. The molecule has 0 saturated carbocycles. The van der Waals surface area contributed by atoms with Gasteiger partial charge in [-0.2, -0.15) is 5.10 Å². The van der Waals surface area contributed by atoms with Crippen LogP contribution in [0, 0.1) is 6.92 Å². The Kier molecular flexibility index (Phi) is 6.38. The first kappa shape index (κ1) is 18.0. The molecule has 5 heteroatoms. The second-order valence-electron chi connectivity index (χ2n) is 5.82. The zero-order valence-electron chi connectivity index (χ0n) is 14.0. The zero-order chi connectivity index (χ0) is 17.5. The second kappa shape index (κ2) is 8.50. The summed E-state index contributed by atoms with van der Waals surface area (Å²) < 4.78 is 5.60. The summed E-state index contributed by atoms with van der Waals surface area (Å²) in [5.41, 5.74) is 5.42. The summed E-state index contributed by atoms with van der Waals surface area (Å²) in [6, 6.07) is 13.2. The number of rotatable bonds is 6. The standard InChI is InChI=1S/C19H21ClN2O2/c1-13(2)16-8-7-14(3)18(10-16)24-12-19(23)22-21-11-15-5-4-6-17(20)9-15/h4-11,13H,12H2,1-3H3,(H,22,23)/b21-11+. The number of aryl methyl sites for hydroxylation is 1. The highest BCUT2D eigenvalue weighted by molar-refractivity contribution is 6.30. The highest BCUT2D eigenvalue weighted by Crippen LogP contribution is 2.24. The number of benzene rings is 2. The SMILES string of the molecule is Cc1ccc(C(C)C)cc1OCC(=O)N/N=C/c1cccc(Cl)c1. The third-order valence-corrected chi connectivity index (χ3v) is 3.72. The monoisotopic (exact) mass is 344 g/mol. The van der Waals surface area contributed by atoms with E-state index in [1.165, 1.54) is 11.8 Å².